The maximum Gasteiger partial charge on any atom is 0.257 e. The second-order valence-electron chi connectivity index (χ2n) is 19.2. The summed E-state index contributed by atoms with van der Waals surface area (Å²) in [5.74, 6) is 0. The van der Waals surface area contributed by atoms with E-state index in [2.05, 4.69) is 257 Å². The van der Waals surface area contributed by atoms with E-state index < -0.39 is 0 Å². The summed E-state index contributed by atoms with van der Waals surface area (Å²) in [6.07, 6.45) is 0. The lowest BCUT2D eigenvalue weighted by molar-refractivity contribution is 0.671. The van der Waals surface area contributed by atoms with Crippen LogP contribution in [0.25, 0.3) is 110 Å². The number of anilines is 3. The van der Waals surface area contributed by atoms with E-state index in [-0.39, 0.29) is 6.71 Å². The second-order valence-corrected chi connectivity index (χ2v) is 19.2. The van der Waals surface area contributed by atoms with E-state index in [1.54, 1.807) is 0 Å². The summed E-state index contributed by atoms with van der Waals surface area (Å²) >= 11 is 0. The first kappa shape index (κ1) is 38.6. The van der Waals surface area contributed by atoms with Gasteiger partial charge < -0.3 is 18.5 Å². The van der Waals surface area contributed by atoms with Crippen LogP contribution in [0.15, 0.2) is 247 Å². The minimum Gasteiger partial charge on any atom is -0.457 e. The van der Waals surface area contributed by atoms with Crippen LogP contribution in [-0.4, -0.2) is 15.8 Å². The average molecular weight is 902 g/mol. The van der Waals surface area contributed by atoms with E-state index >= 15 is 0 Å². The molecular weight excluding hydrogens is 862 g/mol. The molecule has 71 heavy (non-hydrogen) atoms. The van der Waals surface area contributed by atoms with Gasteiger partial charge in [-0.3, -0.25) is 0 Å². The Bertz CT molecular complexity index is 4510. The lowest BCUT2D eigenvalue weighted by Crippen LogP contribution is -2.60. The third kappa shape index (κ3) is 5.40. The standard InChI is InChI=1S/C66H40BN3O/c1-5-19-41(20-6-1)44-33-34-47(43-23-9-3-10-24-43)57(35-44)69-59-39-51-48-27-13-16-30-55(48)68(46-25-11-4-12-26-46)58(51)40-54(59)67-63-60(69)36-45(42-21-7-2-8-22-42)37-61(63)70-56-31-17-14-28-49(56)52-38-53-50-29-15-18-32-62(50)71-66(53)64(67)65(52)70/h1-40H. The molecule has 16 rings (SSSR count). The van der Waals surface area contributed by atoms with Gasteiger partial charge in [0, 0.05) is 60.6 Å². The zero-order valence-corrected chi connectivity index (χ0v) is 38.4. The molecule has 11 aromatic carbocycles. The molecule has 0 spiro atoms. The molecule has 0 saturated carbocycles. The van der Waals surface area contributed by atoms with Crippen LogP contribution in [-0.2, 0) is 0 Å². The van der Waals surface area contributed by atoms with Crippen molar-refractivity contribution >= 4 is 106 Å². The van der Waals surface area contributed by atoms with Crippen LogP contribution >= 0.6 is 0 Å². The Morgan fingerprint density at radius 1 is 0.324 bits per heavy atom. The predicted octanol–water partition coefficient (Wildman–Crippen LogP) is 15.4. The molecule has 3 aromatic heterocycles. The van der Waals surface area contributed by atoms with Gasteiger partial charge in [0.15, 0.2) is 0 Å². The molecule has 0 fully saturated rings. The second kappa shape index (κ2) is 14.6. The van der Waals surface area contributed by atoms with Gasteiger partial charge in [-0.15, -0.1) is 0 Å². The first-order valence-electron chi connectivity index (χ1n) is 24.5. The normalized spacial score (nSPS) is 12.7. The van der Waals surface area contributed by atoms with Crippen LogP contribution in [0.3, 0.4) is 0 Å². The highest BCUT2D eigenvalue weighted by atomic mass is 16.3. The number of furan rings is 1. The topological polar surface area (TPSA) is 26.2 Å². The minimum atomic E-state index is -0.205. The largest absolute Gasteiger partial charge is 0.457 e. The van der Waals surface area contributed by atoms with Crippen LogP contribution in [0.4, 0.5) is 17.1 Å². The summed E-state index contributed by atoms with van der Waals surface area (Å²) in [6.45, 7) is -0.205. The number of para-hydroxylation sites is 4. The first-order valence-corrected chi connectivity index (χ1v) is 24.5. The van der Waals surface area contributed by atoms with Crippen LogP contribution in [0, 0.1) is 0 Å². The summed E-state index contributed by atoms with van der Waals surface area (Å²) in [6, 6.07) is 89.4. The molecule has 0 atom stereocenters. The van der Waals surface area contributed by atoms with Crippen molar-refractivity contribution in [1.29, 1.82) is 0 Å². The lowest BCUT2D eigenvalue weighted by atomic mass is 9.33. The van der Waals surface area contributed by atoms with Gasteiger partial charge in [-0.1, -0.05) is 176 Å². The summed E-state index contributed by atoms with van der Waals surface area (Å²) in [5.41, 5.74) is 23.0. The number of nitrogens with zero attached hydrogens (tertiary/aromatic N) is 3. The van der Waals surface area contributed by atoms with Crippen molar-refractivity contribution in [2.24, 2.45) is 0 Å². The Balaban J connectivity index is 1.14. The number of rotatable bonds is 5. The molecule has 4 nitrogen and oxygen atoms in total. The fourth-order valence-electron chi connectivity index (χ4n) is 12.5. The quantitative estimate of drug-likeness (QED) is 0.161. The smallest absolute Gasteiger partial charge is 0.257 e. The number of benzene rings is 11. The van der Waals surface area contributed by atoms with Crippen LogP contribution in [0.2, 0.25) is 0 Å². The summed E-state index contributed by atoms with van der Waals surface area (Å²) in [5, 5.41) is 7.15. The molecular formula is C66H40BN3O. The molecule has 0 bridgehead atoms. The van der Waals surface area contributed by atoms with Crippen molar-refractivity contribution in [3.8, 4) is 44.8 Å². The van der Waals surface area contributed by atoms with Gasteiger partial charge in [-0.25, -0.2) is 0 Å². The van der Waals surface area contributed by atoms with Gasteiger partial charge >= 0.3 is 0 Å². The van der Waals surface area contributed by atoms with Crippen molar-refractivity contribution < 1.29 is 4.42 Å². The van der Waals surface area contributed by atoms with E-state index in [4.69, 9.17) is 4.42 Å². The molecule has 5 heteroatoms. The van der Waals surface area contributed by atoms with Crippen LogP contribution in [0.5, 0.6) is 0 Å². The summed E-state index contributed by atoms with van der Waals surface area (Å²) in [7, 11) is 0. The molecule has 0 aliphatic carbocycles. The van der Waals surface area contributed by atoms with Crippen molar-refractivity contribution in [3.05, 3.63) is 243 Å². The lowest BCUT2D eigenvalue weighted by Gasteiger charge is -2.41. The van der Waals surface area contributed by atoms with E-state index in [1.807, 2.05) is 0 Å². The molecule has 14 aromatic rings. The fourth-order valence-corrected chi connectivity index (χ4v) is 12.5. The molecule has 0 radical (unpaired) electrons. The van der Waals surface area contributed by atoms with Gasteiger partial charge in [0.1, 0.15) is 11.2 Å². The zero-order chi connectivity index (χ0) is 46.3. The molecule has 0 N–H and O–H groups in total. The van der Waals surface area contributed by atoms with E-state index in [1.165, 1.54) is 76.8 Å². The van der Waals surface area contributed by atoms with Crippen molar-refractivity contribution in [2.45, 2.75) is 0 Å². The van der Waals surface area contributed by atoms with Gasteiger partial charge in [-0.2, -0.15) is 0 Å². The Morgan fingerprint density at radius 2 is 0.901 bits per heavy atom. The molecule has 0 saturated heterocycles. The number of aromatic nitrogens is 2. The minimum absolute atomic E-state index is 0.205. The highest BCUT2D eigenvalue weighted by Gasteiger charge is 2.45. The monoisotopic (exact) mass is 901 g/mol. The molecule has 5 heterocycles. The molecule has 328 valence electrons. The Morgan fingerprint density at radius 3 is 1.63 bits per heavy atom. The van der Waals surface area contributed by atoms with Crippen molar-refractivity contribution in [3.63, 3.8) is 0 Å². The fraction of sp³-hybridized carbons (Fsp3) is 0. The third-order valence-electron chi connectivity index (χ3n) is 15.5. The van der Waals surface area contributed by atoms with Gasteiger partial charge in [0.25, 0.3) is 6.71 Å². The molecule has 2 aliphatic rings. The maximum absolute atomic E-state index is 7.24. The zero-order valence-electron chi connectivity index (χ0n) is 38.4. The molecule has 2 aliphatic heterocycles. The molecule has 0 amide bonds. The van der Waals surface area contributed by atoms with Crippen molar-refractivity contribution in [1.82, 2.24) is 9.13 Å². The van der Waals surface area contributed by atoms with Gasteiger partial charge in [0.2, 0.25) is 0 Å². The van der Waals surface area contributed by atoms with Crippen LogP contribution < -0.4 is 21.3 Å². The SMILES string of the molecule is c1ccc(-c2ccc(-c3ccccc3)c(N3c4cc5c6ccccc6n(-c6ccccc6)c5cc4B4c5c3cc(-c3ccccc3)cc5-n3c5ccccc5c5cc6c(oc7ccccc76)c4c53)c2)cc1. The average Bonchev–Trinajstić information content (AvgIpc) is 4.11. The number of fused-ring (bicyclic) bond motifs is 14. The highest BCUT2D eigenvalue weighted by Crippen LogP contribution is 2.49. The van der Waals surface area contributed by atoms with Gasteiger partial charge in [0.05, 0.1) is 27.8 Å². The van der Waals surface area contributed by atoms with Crippen molar-refractivity contribution in [2.75, 3.05) is 4.90 Å². The summed E-state index contributed by atoms with van der Waals surface area (Å²) < 4.78 is 12.3. The van der Waals surface area contributed by atoms with E-state index in [9.17, 15) is 0 Å². The third-order valence-corrected chi connectivity index (χ3v) is 15.5. The van der Waals surface area contributed by atoms with E-state index in [0.717, 1.165) is 66.9 Å². The predicted molar refractivity (Wildman–Crippen MR) is 298 cm³/mol. The Kier molecular flexibility index (Phi) is 7.94. The Labute approximate surface area is 409 Å². The summed E-state index contributed by atoms with van der Waals surface area (Å²) in [4.78, 5) is 2.62. The van der Waals surface area contributed by atoms with E-state index in [0.29, 0.717) is 0 Å². The first-order chi connectivity index (χ1) is 35.2. The Hall–Kier alpha value is -9.32. The highest BCUT2D eigenvalue weighted by molar-refractivity contribution is 7.01. The maximum atomic E-state index is 7.24. The number of hydrogen-bond donors (Lipinski definition) is 0. The van der Waals surface area contributed by atoms with Gasteiger partial charge in [-0.05, 0) is 111 Å². The van der Waals surface area contributed by atoms with Crippen LogP contribution in [0.1, 0.15) is 0 Å². The number of hydrogen-bond acceptors (Lipinski definition) is 2. The molecule has 0 unspecified atom stereocenters.